The predicted molar refractivity (Wildman–Crippen MR) is 199 cm³/mol. The van der Waals surface area contributed by atoms with Gasteiger partial charge >= 0.3 is 5.97 Å². The zero-order chi connectivity index (χ0) is 34.4. The smallest absolute Gasteiger partial charge is 0.352 e. The zero-order valence-electron chi connectivity index (χ0n) is 26.2. The van der Waals surface area contributed by atoms with Gasteiger partial charge in [-0.3, -0.25) is 14.5 Å². The molecule has 11 nitrogen and oxygen atoms in total. The van der Waals surface area contributed by atoms with Crippen LogP contribution < -0.4 is 10.6 Å². The van der Waals surface area contributed by atoms with Crippen LogP contribution in [0.15, 0.2) is 120 Å². The second-order valence-corrected chi connectivity index (χ2v) is 13.6. The van der Waals surface area contributed by atoms with E-state index in [-0.39, 0.29) is 23.8 Å². The number of hydrogen-bond donors (Lipinski definition) is 3. The summed E-state index contributed by atoms with van der Waals surface area (Å²) in [6.07, 6.45) is 3.57. The summed E-state index contributed by atoms with van der Waals surface area (Å²) < 4.78 is 5.18. The highest BCUT2D eigenvalue weighted by Crippen LogP contribution is 2.42. The molecule has 0 aliphatic carbocycles. The van der Waals surface area contributed by atoms with Crippen molar-refractivity contribution in [3.05, 3.63) is 137 Å². The standard InChI is InChI=1S/C35H31IN6O5S2/c1-2-47-40-26(30(43)37-27-31(44)42-28(33(45)46)22(13-12-20-36)21-48-32(27)42)29-38-34(49-41-29)39-35(23-14-6-3-7-15-23,24-16-8-4-9-17-24)25-18-10-5-11-19-25/h3-19,27,32H,2,20-21H2,1H3,(H,37,43)(H,45,46)(H,38,39,41)/t27-,32+/m1/s1. The highest BCUT2D eigenvalue weighted by Gasteiger charge is 2.54. The molecule has 2 amide bonds. The number of aliphatic carboxylic acids is 1. The van der Waals surface area contributed by atoms with Crippen LogP contribution in [0.5, 0.6) is 0 Å². The lowest BCUT2D eigenvalue weighted by Crippen LogP contribution is -2.71. The third-order valence-corrected chi connectivity index (χ3v) is 10.4. The first-order chi connectivity index (χ1) is 23.9. The van der Waals surface area contributed by atoms with Gasteiger partial charge in [0.05, 0.1) is 0 Å². The van der Waals surface area contributed by atoms with E-state index in [2.05, 4.69) is 42.8 Å². The number of carboxylic acids is 1. The van der Waals surface area contributed by atoms with Crippen LogP contribution in [0, 0.1) is 0 Å². The lowest BCUT2D eigenvalue weighted by molar-refractivity contribution is -0.150. The monoisotopic (exact) mass is 806 g/mol. The molecule has 1 aromatic heterocycles. The molecule has 3 aromatic carbocycles. The Morgan fingerprint density at radius 1 is 1.04 bits per heavy atom. The van der Waals surface area contributed by atoms with Crippen LogP contribution in [0.1, 0.15) is 29.4 Å². The van der Waals surface area contributed by atoms with Crippen molar-refractivity contribution in [3.8, 4) is 0 Å². The Hall–Kier alpha value is -4.54. The van der Waals surface area contributed by atoms with E-state index in [4.69, 9.17) is 9.82 Å². The Labute approximate surface area is 304 Å². The molecule has 0 spiro atoms. The molecule has 3 heterocycles. The summed E-state index contributed by atoms with van der Waals surface area (Å²) in [7, 11) is 0. The molecular weight excluding hydrogens is 775 g/mol. The lowest BCUT2D eigenvalue weighted by Gasteiger charge is -2.49. The molecule has 49 heavy (non-hydrogen) atoms. The third kappa shape index (κ3) is 6.85. The zero-order valence-corrected chi connectivity index (χ0v) is 29.9. The van der Waals surface area contributed by atoms with Crippen LogP contribution in [-0.2, 0) is 24.8 Å². The van der Waals surface area contributed by atoms with Crippen molar-refractivity contribution in [3.63, 3.8) is 0 Å². The van der Waals surface area contributed by atoms with Gasteiger partial charge in [0.15, 0.2) is 0 Å². The van der Waals surface area contributed by atoms with Crippen molar-refractivity contribution in [1.82, 2.24) is 19.6 Å². The number of rotatable bonds is 13. The molecule has 0 radical (unpaired) electrons. The summed E-state index contributed by atoms with van der Waals surface area (Å²) in [4.78, 5) is 50.3. The van der Waals surface area contributed by atoms with Crippen LogP contribution in [0.2, 0.25) is 0 Å². The number of alkyl halides is 1. The van der Waals surface area contributed by atoms with E-state index >= 15 is 0 Å². The minimum Gasteiger partial charge on any atom is -0.477 e. The summed E-state index contributed by atoms with van der Waals surface area (Å²) >= 11 is 4.60. The van der Waals surface area contributed by atoms with E-state index in [1.165, 1.54) is 16.7 Å². The Kier molecular flexibility index (Phi) is 10.7. The van der Waals surface area contributed by atoms with Crippen LogP contribution >= 0.6 is 45.9 Å². The number of nitrogens with zero attached hydrogens (tertiary/aromatic N) is 4. The first kappa shape index (κ1) is 34.3. The largest absolute Gasteiger partial charge is 0.477 e. The molecule has 2 aliphatic heterocycles. The quantitative estimate of drug-likeness (QED) is 0.0403. The number of β-lactam (4-membered cyclic amide) rings is 1. The van der Waals surface area contributed by atoms with Crippen molar-refractivity contribution >= 4 is 74.5 Å². The lowest BCUT2D eigenvalue weighted by atomic mass is 9.77. The number of allylic oxidation sites excluding steroid dienone is 2. The van der Waals surface area contributed by atoms with Crippen LogP contribution in [0.25, 0.3) is 0 Å². The first-order valence-electron chi connectivity index (χ1n) is 15.3. The van der Waals surface area contributed by atoms with E-state index < -0.39 is 34.7 Å². The number of fused-ring (bicyclic) bond motifs is 1. The van der Waals surface area contributed by atoms with E-state index in [1.807, 2.05) is 97.1 Å². The predicted octanol–water partition coefficient (Wildman–Crippen LogP) is 5.41. The number of aromatic nitrogens is 2. The average Bonchev–Trinajstić information content (AvgIpc) is 3.60. The fourth-order valence-electron chi connectivity index (χ4n) is 5.79. The fraction of sp³-hybridized carbons (Fsp3) is 0.200. The number of oxime groups is 1. The Bertz CT molecular complexity index is 1820. The van der Waals surface area contributed by atoms with Gasteiger partial charge in [0.2, 0.25) is 16.7 Å². The normalized spacial score (nSPS) is 17.8. The van der Waals surface area contributed by atoms with Crippen molar-refractivity contribution in [1.29, 1.82) is 0 Å². The summed E-state index contributed by atoms with van der Waals surface area (Å²) in [5.74, 6) is -2.04. The van der Waals surface area contributed by atoms with Gasteiger partial charge < -0.3 is 20.6 Å². The van der Waals surface area contributed by atoms with Crippen molar-refractivity contribution in [2.24, 2.45) is 5.16 Å². The molecule has 0 saturated carbocycles. The van der Waals surface area contributed by atoms with Gasteiger partial charge in [-0.1, -0.05) is 131 Å². The van der Waals surface area contributed by atoms with E-state index in [0.29, 0.717) is 20.9 Å². The van der Waals surface area contributed by atoms with Crippen molar-refractivity contribution < 1.29 is 24.3 Å². The minimum absolute atomic E-state index is 0.0128. The molecular formula is C35H31IN6O5S2. The van der Waals surface area contributed by atoms with E-state index in [0.717, 1.165) is 28.2 Å². The number of anilines is 1. The molecule has 1 fully saturated rings. The van der Waals surface area contributed by atoms with Crippen molar-refractivity contribution in [2.75, 3.05) is 22.1 Å². The molecule has 1 saturated heterocycles. The summed E-state index contributed by atoms with van der Waals surface area (Å²) in [5.41, 5.74) is 2.29. The maximum absolute atomic E-state index is 13.7. The molecule has 2 aliphatic rings. The minimum atomic E-state index is -1.19. The van der Waals surface area contributed by atoms with Crippen LogP contribution in [-0.4, -0.2) is 71.1 Å². The van der Waals surface area contributed by atoms with Gasteiger partial charge in [-0.2, -0.15) is 9.36 Å². The number of carbonyl (C=O) groups excluding carboxylic acids is 2. The molecule has 6 rings (SSSR count). The second kappa shape index (κ2) is 15.3. The SMILES string of the molecule is CCON=C(C(=O)N[C@@H]1C(=O)N2C(C(=O)O)=C(C=CCI)CS[C@@H]12)c1nsc(NC(c2ccccc2)(c2ccccc2)c2ccccc2)n1. The highest BCUT2D eigenvalue weighted by atomic mass is 127. The summed E-state index contributed by atoms with van der Waals surface area (Å²) in [6, 6.07) is 29.0. The number of benzene rings is 3. The second-order valence-electron chi connectivity index (χ2n) is 10.9. The number of carbonyl (C=O) groups is 3. The molecule has 250 valence electrons. The van der Waals surface area contributed by atoms with Gasteiger partial charge in [-0.15, -0.1) is 11.8 Å². The maximum Gasteiger partial charge on any atom is 0.352 e. The Balaban J connectivity index is 1.30. The molecule has 14 heteroatoms. The number of halogens is 1. The molecule has 3 N–H and O–H groups in total. The third-order valence-electron chi connectivity index (χ3n) is 7.95. The van der Waals surface area contributed by atoms with Gasteiger partial charge in [0, 0.05) is 21.7 Å². The Morgan fingerprint density at radius 2 is 1.63 bits per heavy atom. The molecule has 0 unspecified atom stereocenters. The van der Waals surface area contributed by atoms with Gasteiger partial charge in [-0.05, 0) is 29.2 Å². The number of carboxylic acid groups (broad SMARTS) is 1. The topological polar surface area (TPSA) is 146 Å². The highest BCUT2D eigenvalue weighted by molar-refractivity contribution is 14.1. The molecule has 4 aromatic rings. The van der Waals surface area contributed by atoms with E-state index in [1.54, 1.807) is 13.0 Å². The van der Waals surface area contributed by atoms with E-state index in [9.17, 15) is 19.5 Å². The first-order valence-corrected chi connectivity index (χ1v) is 18.7. The van der Waals surface area contributed by atoms with Gasteiger partial charge in [0.25, 0.3) is 11.8 Å². The van der Waals surface area contributed by atoms with Gasteiger partial charge in [0.1, 0.15) is 29.3 Å². The number of nitrogens with one attached hydrogen (secondary N) is 2. The maximum atomic E-state index is 13.7. The Morgan fingerprint density at radius 3 is 2.16 bits per heavy atom. The number of hydrogen-bond acceptors (Lipinski definition) is 10. The summed E-state index contributed by atoms with van der Waals surface area (Å²) in [6.45, 7) is 1.91. The molecule has 0 bridgehead atoms. The van der Waals surface area contributed by atoms with Gasteiger partial charge in [-0.25, -0.2) is 4.79 Å². The average molecular weight is 807 g/mol. The number of thioether (sulfide) groups is 1. The fourth-order valence-corrected chi connectivity index (χ4v) is 7.99. The van der Waals surface area contributed by atoms with Crippen molar-refractivity contribution in [2.45, 2.75) is 23.9 Å². The van der Waals surface area contributed by atoms with Crippen LogP contribution in [0.4, 0.5) is 5.13 Å². The van der Waals surface area contributed by atoms with Crippen LogP contribution in [0.3, 0.4) is 0 Å². The molecule has 2 atom stereocenters. The summed E-state index contributed by atoms with van der Waals surface area (Å²) in [5, 5.41) is 20.2. The number of amides is 2.